The minimum Gasteiger partial charge on any atom is -0.465 e. The van der Waals surface area contributed by atoms with Crippen LogP contribution in [0.1, 0.15) is 44.9 Å². The maximum atomic E-state index is 6.31. The summed E-state index contributed by atoms with van der Waals surface area (Å²) in [6, 6.07) is 62.5. The summed E-state index contributed by atoms with van der Waals surface area (Å²) < 4.78 is 12.6. The molecule has 2 heterocycles. The summed E-state index contributed by atoms with van der Waals surface area (Å²) in [5.74, 6) is 1.89. The van der Waals surface area contributed by atoms with Crippen molar-refractivity contribution in [3.63, 3.8) is 0 Å². The van der Waals surface area contributed by atoms with Crippen LogP contribution in [0.3, 0.4) is 0 Å². The van der Waals surface area contributed by atoms with Gasteiger partial charge in [-0.05, 0) is 136 Å². The largest absolute Gasteiger partial charge is 0.465 e. The van der Waals surface area contributed by atoms with Gasteiger partial charge in [0.2, 0.25) is 0 Å². The standard InChI is InChI=1S/C56H40O2Si/c1-59(2,55-47-17-7-15-43(49(47)33-51(55)53-19-9-29-57-53)39-25-27-45-37(31-39)23-21-35-11-3-5-13-41(35)45)56-48-18-8-16-44(50(48)34-52(56)54-20-10-30-58-54)40-26-28-46-38(32-40)24-22-36-12-4-6-14-42(36)46/h3-34,55-56H,1-2H3. The summed E-state index contributed by atoms with van der Waals surface area (Å²) in [6.07, 6.45) is 8.51. The van der Waals surface area contributed by atoms with Crippen LogP contribution >= 0.6 is 0 Å². The van der Waals surface area contributed by atoms with Gasteiger partial charge in [-0.3, -0.25) is 0 Å². The Balaban J connectivity index is 1.01. The normalized spacial score (nSPS) is 16.2. The maximum absolute atomic E-state index is 6.31. The van der Waals surface area contributed by atoms with Crippen molar-refractivity contribution in [3.05, 3.63) is 216 Å². The van der Waals surface area contributed by atoms with E-state index in [-0.39, 0.29) is 11.1 Å². The van der Waals surface area contributed by atoms with E-state index in [1.807, 2.05) is 24.7 Å². The van der Waals surface area contributed by atoms with E-state index in [0.29, 0.717) is 0 Å². The third-order valence-electron chi connectivity index (χ3n) is 13.3. The monoisotopic (exact) mass is 772 g/mol. The van der Waals surface area contributed by atoms with Gasteiger partial charge in [-0.25, -0.2) is 0 Å². The summed E-state index contributed by atoms with van der Waals surface area (Å²) >= 11 is 0. The first-order chi connectivity index (χ1) is 29.0. The van der Waals surface area contributed by atoms with Gasteiger partial charge in [0.15, 0.2) is 0 Å². The lowest BCUT2D eigenvalue weighted by atomic mass is 9.93. The van der Waals surface area contributed by atoms with Gasteiger partial charge in [-0.15, -0.1) is 0 Å². The lowest BCUT2D eigenvalue weighted by Crippen LogP contribution is -2.42. The van der Waals surface area contributed by atoms with Crippen LogP contribution in [0, 0.1) is 0 Å². The lowest BCUT2D eigenvalue weighted by Gasteiger charge is -2.39. The molecule has 0 fully saturated rings. The van der Waals surface area contributed by atoms with Crippen LogP contribution in [0.5, 0.6) is 0 Å². The quantitative estimate of drug-likeness (QED) is 0.124. The first-order valence-electron chi connectivity index (χ1n) is 20.6. The number of hydrogen-bond acceptors (Lipinski definition) is 2. The van der Waals surface area contributed by atoms with Gasteiger partial charge in [0.25, 0.3) is 0 Å². The zero-order valence-corrected chi connectivity index (χ0v) is 33.9. The summed E-state index contributed by atoms with van der Waals surface area (Å²) in [7, 11) is -2.43. The molecule has 10 aromatic rings. The Morgan fingerprint density at radius 1 is 0.390 bits per heavy atom. The van der Waals surface area contributed by atoms with Crippen LogP contribution in [0.15, 0.2) is 191 Å². The molecule has 0 saturated carbocycles. The fraction of sp³-hybridized carbons (Fsp3) is 0.0714. The van der Waals surface area contributed by atoms with Crippen molar-refractivity contribution in [3.8, 4) is 22.3 Å². The van der Waals surface area contributed by atoms with E-state index in [2.05, 4.69) is 183 Å². The summed E-state index contributed by atoms with van der Waals surface area (Å²) in [5.41, 5.74) is 13.2. The van der Waals surface area contributed by atoms with Crippen molar-refractivity contribution >= 4 is 74.5 Å². The molecular formula is C56H40O2Si. The van der Waals surface area contributed by atoms with Crippen LogP contribution in [0.2, 0.25) is 13.1 Å². The molecule has 280 valence electrons. The molecule has 0 radical (unpaired) electrons. The number of fused-ring (bicyclic) bond motifs is 8. The number of benzene rings is 8. The van der Waals surface area contributed by atoms with E-state index in [0.717, 1.165) is 11.5 Å². The molecule has 8 aromatic carbocycles. The first kappa shape index (κ1) is 34.1. The molecule has 2 atom stereocenters. The minimum atomic E-state index is -2.43. The molecule has 2 aliphatic carbocycles. The van der Waals surface area contributed by atoms with Crippen molar-refractivity contribution < 1.29 is 8.83 Å². The fourth-order valence-electron chi connectivity index (χ4n) is 10.8. The van der Waals surface area contributed by atoms with Gasteiger partial charge in [-0.1, -0.05) is 147 Å². The maximum Gasteiger partial charge on any atom is 0.130 e. The number of furan rings is 2. The number of allylic oxidation sites excluding steroid dienone is 2. The molecule has 12 rings (SSSR count). The van der Waals surface area contributed by atoms with E-state index < -0.39 is 8.07 Å². The average Bonchev–Trinajstić information content (AvgIpc) is 4.12. The predicted octanol–water partition coefficient (Wildman–Crippen LogP) is 15.6. The van der Waals surface area contributed by atoms with E-state index in [1.165, 1.54) is 98.7 Å². The van der Waals surface area contributed by atoms with Gasteiger partial charge in [-0.2, -0.15) is 0 Å². The van der Waals surface area contributed by atoms with E-state index in [4.69, 9.17) is 8.83 Å². The van der Waals surface area contributed by atoms with Gasteiger partial charge in [0, 0.05) is 22.2 Å². The van der Waals surface area contributed by atoms with Crippen LogP contribution in [0.4, 0.5) is 0 Å². The topological polar surface area (TPSA) is 26.3 Å². The Kier molecular flexibility index (Phi) is 7.54. The molecule has 0 amide bonds. The second kappa shape index (κ2) is 13.0. The van der Waals surface area contributed by atoms with Crippen LogP contribution in [-0.4, -0.2) is 8.07 Å². The molecule has 0 spiro atoms. The molecule has 0 N–H and O–H groups in total. The molecule has 2 unspecified atom stereocenters. The molecule has 0 saturated heterocycles. The van der Waals surface area contributed by atoms with Crippen molar-refractivity contribution in [2.45, 2.75) is 24.2 Å². The zero-order chi connectivity index (χ0) is 39.2. The predicted molar refractivity (Wildman–Crippen MR) is 250 cm³/mol. The second-order valence-corrected chi connectivity index (χ2v) is 21.7. The SMILES string of the molecule is C[Si](C)(C1C(c2ccco2)=Cc2c(-c3ccc4c(ccc5ccccc54)c3)cccc21)C1C(c2ccco2)=Cc2c(-c3ccc4c(ccc5ccccc54)c3)cccc21. The molecule has 2 nitrogen and oxygen atoms in total. The Bertz CT molecular complexity index is 3140. The Hall–Kier alpha value is -6.94. The van der Waals surface area contributed by atoms with E-state index >= 15 is 0 Å². The van der Waals surface area contributed by atoms with Crippen molar-refractivity contribution in [2.75, 3.05) is 0 Å². The minimum absolute atomic E-state index is 0.167. The Morgan fingerprint density at radius 2 is 0.831 bits per heavy atom. The molecular weight excluding hydrogens is 733 g/mol. The molecule has 3 heteroatoms. The van der Waals surface area contributed by atoms with Gasteiger partial charge < -0.3 is 8.83 Å². The second-order valence-electron chi connectivity index (χ2n) is 16.9. The van der Waals surface area contributed by atoms with Crippen molar-refractivity contribution in [2.24, 2.45) is 0 Å². The average molecular weight is 773 g/mol. The molecule has 2 aliphatic rings. The van der Waals surface area contributed by atoms with Gasteiger partial charge in [0.05, 0.1) is 20.6 Å². The van der Waals surface area contributed by atoms with Gasteiger partial charge >= 0.3 is 0 Å². The third-order valence-corrected chi connectivity index (χ3v) is 17.6. The van der Waals surface area contributed by atoms with Crippen LogP contribution in [-0.2, 0) is 0 Å². The zero-order valence-electron chi connectivity index (χ0n) is 32.9. The Labute approximate surface area is 344 Å². The number of hydrogen-bond donors (Lipinski definition) is 0. The fourth-order valence-corrected chi connectivity index (χ4v) is 15.2. The van der Waals surface area contributed by atoms with Crippen LogP contribution in [0.25, 0.3) is 88.6 Å². The van der Waals surface area contributed by atoms with Crippen LogP contribution < -0.4 is 0 Å². The van der Waals surface area contributed by atoms with E-state index in [1.54, 1.807) is 0 Å². The van der Waals surface area contributed by atoms with E-state index in [9.17, 15) is 0 Å². The highest BCUT2D eigenvalue weighted by Gasteiger charge is 2.50. The highest BCUT2D eigenvalue weighted by Crippen LogP contribution is 2.58. The molecule has 2 aromatic heterocycles. The van der Waals surface area contributed by atoms with Gasteiger partial charge in [0.1, 0.15) is 11.5 Å². The molecule has 0 aliphatic heterocycles. The van der Waals surface area contributed by atoms with Crippen molar-refractivity contribution in [1.29, 1.82) is 0 Å². The highest BCUT2D eigenvalue weighted by atomic mass is 28.3. The van der Waals surface area contributed by atoms with Crippen molar-refractivity contribution in [1.82, 2.24) is 0 Å². The summed E-state index contributed by atoms with van der Waals surface area (Å²) in [4.78, 5) is 0. The third kappa shape index (κ3) is 5.25. The number of rotatable bonds is 6. The molecule has 0 bridgehead atoms. The first-order valence-corrected chi connectivity index (χ1v) is 23.8. The Morgan fingerprint density at radius 3 is 1.29 bits per heavy atom. The summed E-state index contributed by atoms with van der Waals surface area (Å²) in [5, 5.41) is 10.2. The highest BCUT2D eigenvalue weighted by molar-refractivity contribution is 6.84. The molecule has 59 heavy (non-hydrogen) atoms. The summed E-state index contributed by atoms with van der Waals surface area (Å²) in [6.45, 7) is 5.17. The smallest absolute Gasteiger partial charge is 0.130 e. The lowest BCUT2D eigenvalue weighted by molar-refractivity contribution is 0.550.